The molecule has 0 aromatic carbocycles. The van der Waals surface area contributed by atoms with Crippen LogP contribution < -0.4 is 15.6 Å². The maximum absolute atomic E-state index is 13.6. The number of hydrogen-bond donors (Lipinski definition) is 1. The van der Waals surface area contributed by atoms with Crippen molar-refractivity contribution in [2.24, 2.45) is 0 Å². The second-order valence-corrected chi connectivity index (χ2v) is 8.12. The van der Waals surface area contributed by atoms with Gasteiger partial charge in [0.1, 0.15) is 10.8 Å². The summed E-state index contributed by atoms with van der Waals surface area (Å²) in [6.45, 7) is 3.82. The molecule has 31 heavy (non-hydrogen) atoms. The molecule has 0 radical (unpaired) electrons. The molecule has 0 unspecified atom stereocenters. The average Bonchev–Trinajstić information content (AvgIpc) is 2.78. The van der Waals surface area contributed by atoms with Gasteiger partial charge in [-0.1, -0.05) is 11.6 Å². The molecule has 0 aliphatic carbocycles. The van der Waals surface area contributed by atoms with Crippen LogP contribution in [0.4, 0.5) is 4.39 Å². The van der Waals surface area contributed by atoms with E-state index in [4.69, 9.17) is 16.3 Å². The van der Waals surface area contributed by atoms with E-state index in [-0.39, 0.29) is 5.56 Å². The first kappa shape index (κ1) is 21.7. The maximum atomic E-state index is 13.6. The standard InChI is InChI=1S/C22H25ClFN5O2/c1-31-22-18(23)10-15(13-27-22)12-25-17-4-6-28(7-5-17)8-9-29-20-11-16(24)14-26-19(20)2-3-21(29)30/h2-3,10-11,13-14,17,25H,4-9,12H2,1H3. The summed E-state index contributed by atoms with van der Waals surface area (Å²) in [6.07, 6.45) is 4.97. The minimum absolute atomic E-state index is 0.136. The zero-order chi connectivity index (χ0) is 21.8. The number of methoxy groups -OCH3 is 1. The number of piperidine rings is 1. The number of hydrogen-bond acceptors (Lipinski definition) is 6. The van der Waals surface area contributed by atoms with Gasteiger partial charge in [-0.15, -0.1) is 0 Å². The summed E-state index contributed by atoms with van der Waals surface area (Å²) in [5, 5.41) is 4.07. The summed E-state index contributed by atoms with van der Waals surface area (Å²) in [7, 11) is 1.55. The maximum Gasteiger partial charge on any atom is 0.251 e. The van der Waals surface area contributed by atoms with Gasteiger partial charge in [0, 0.05) is 44.0 Å². The van der Waals surface area contributed by atoms with E-state index in [1.54, 1.807) is 23.9 Å². The molecular formula is C22H25ClFN5O2. The summed E-state index contributed by atoms with van der Waals surface area (Å²) in [4.78, 5) is 22.9. The Bertz CT molecular complexity index is 1110. The van der Waals surface area contributed by atoms with Crippen LogP contribution in [0.25, 0.3) is 11.0 Å². The van der Waals surface area contributed by atoms with Crippen LogP contribution in [0.2, 0.25) is 5.02 Å². The lowest BCUT2D eigenvalue weighted by Gasteiger charge is -2.32. The van der Waals surface area contributed by atoms with Crippen LogP contribution in [-0.2, 0) is 13.1 Å². The third kappa shape index (κ3) is 5.20. The van der Waals surface area contributed by atoms with Crippen molar-refractivity contribution in [2.75, 3.05) is 26.7 Å². The lowest BCUT2D eigenvalue weighted by molar-refractivity contribution is 0.191. The van der Waals surface area contributed by atoms with Crippen molar-refractivity contribution in [1.82, 2.24) is 24.8 Å². The third-order valence-electron chi connectivity index (χ3n) is 5.68. The quantitative estimate of drug-likeness (QED) is 0.603. The molecule has 164 valence electrons. The number of halogens is 2. The van der Waals surface area contributed by atoms with Gasteiger partial charge in [0.15, 0.2) is 0 Å². The highest BCUT2D eigenvalue weighted by molar-refractivity contribution is 6.31. The van der Waals surface area contributed by atoms with Crippen molar-refractivity contribution in [3.05, 3.63) is 63.4 Å². The largest absolute Gasteiger partial charge is 0.480 e. The van der Waals surface area contributed by atoms with Gasteiger partial charge in [0.05, 0.1) is 24.3 Å². The fourth-order valence-electron chi connectivity index (χ4n) is 3.95. The van der Waals surface area contributed by atoms with Gasteiger partial charge in [-0.05, 0) is 43.6 Å². The SMILES string of the molecule is COc1ncc(CNC2CCN(CCn3c(=O)ccc4ncc(F)cc43)CC2)cc1Cl. The van der Waals surface area contributed by atoms with Crippen LogP contribution in [0.3, 0.4) is 0 Å². The van der Waals surface area contributed by atoms with E-state index < -0.39 is 5.82 Å². The van der Waals surface area contributed by atoms with Gasteiger partial charge in [0.25, 0.3) is 5.56 Å². The first-order chi connectivity index (χ1) is 15.0. The van der Waals surface area contributed by atoms with Crippen LogP contribution >= 0.6 is 11.6 Å². The van der Waals surface area contributed by atoms with E-state index in [0.29, 0.717) is 41.1 Å². The second kappa shape index (κ2) is 9.72. The zero-order valence-corrected chi connectivity index (χ0v) is 18.1. The van der Waals surface area contributed by atoms with Crippen molar-refractivity contribution in [1.29, 1.82) is 0 Å². The Morgan fingerprint density at radius 1 is 1.19 bits per heavy atom. The number of nitrogens with zero attached hydrogens (tertiary/aromatic N) is 4. The van der Waals surface area contributed by atoms with E-state index in [1.807, 2.05) is 6.07 Å². The third-order valence-corrected chi connectivity index (χ3v) is 5.96. The van der Waals surface area contributed by atoms with E-state index in [1.165, 1.54) is 18.3 Å². The fourth-order valence-corrected chi connectivity index (χ4v) is 4.22. The molecule has 4 rings (SSSR count). The van der Waals surface area contributed by atoms with E-state index in [0.717, 1.165) is 38.0 Å². The number of fused-ring (bicyclic) bond motifs is 1. The Morgan fingerprint density at radius 3 is 2.74 bits per heavy atom. The molecule has 4 heterocycles. The highest BCUT2D eigenvalue weighted by Gasteiger charge is 2.19. The van der Waals surface area contributed by atoms with Gasteiger partial charge < -0.3 is 19.5 Å². The first-order valence-corrected chi connectivity index (χ1v) is 10.7. The number of rotatable bonds is 7. The Morgan fingerprint density at radius 2 is 2.00 bits per heavy atom. The summed E-state index contributed by atoms with van der Waals surface area (Å²) >= 11 is 6.14. The second-order valence-electron chi connectivity index (χ2n) is 7.71. The Balaban J connectivity index is 1.29. The van der Waals surface area contributed by atoms with E-state index in [9.17, 15) is 9.18 Å². The molecule has 3 aromatic heterocycles. The Kier molecular flexibility index (Phi) is 6.80. The van der Waals surface area contributed by atoms with E-state index >= 15 is 0 Å². The topological polar surface area (TPSA) is 72.3 Å². The molecule has 7 nitrogen and oxygen atoms in total. The number of nitrogens with one attached hydrogen (secondary N) is 1. The van der Waals surface area contributed by atoms with Gasteiger partial charge in [0.2, 0.25) is 5.88 Å². The highest BCUT2D eigenvalue weighted by Crippen LogP contribution is 2.22. The predicted octanol–water partition coefficient (Wildman–Crippen LogP) is 2.85. The van der Waals surface area contributed by atoms with Crippen molar-refractivity contribution < 1.29 is 9.13 Å². The molecule has 1 aliphatic rings. The number of ether oxygens (including phenoxy) is 1. The molecule has 0 saturated carbocycles. The summed E-state index contributed by atoms with van der Waals surface area (Å²) in [5.41, 5.74) is 2.04. The minimum Gasteiger partial charge on any atom is -0.480 e. The molecule has 0 bridgehead atoms. The first-order valence-electron chi connectivity index (χ1n) is 10.3. The lowest BCUT2D eigenvalue weighted by atomic mass is 10.0. The van der Waals surface area contributed by atoms with Crippen molar-refractivity contribution in [2.45, 2.75) is 32.0 Å². The molecule has 3 aromatic rings. The predicted molar refractivity (Wildman–Crippen MR) is 118 cm³/mol. The van der Waals surface area contributed by atoms with Crippen LogP contribution in [0.1, 0.15) is 18.4 Å². The van der Waals surface area contributed by atoms with Crippen LogP contribution in [0.15, 0.2) is 41.5 Å². The van der Waals surface area contributed by atoms with Gasteiger partial charge in [-0.3, -0.25) is 9.78 Å². The van der Waals surface area contributed by atoms with E-state index in [2.05, 4.69) is 20.2 Å². The molecule has 0 amide bonds. The normalized spacial score (nSPS) is 15.5. The lowest BCUT2D eigenvalue weighted by Crippen LogP contribution is -2.43. The van der Waals surface area contributed by atoms with Gasteiger partial charge >= 0.3 is 0 Å². The van der Waals surface area contributed by atoms with Crippen molar-refractivity contribution in [3.63, 3.8) is 0 Å². The van der Waals surface area contributed by atoms with Gasteiger partial charge in [-0.25, -0.2) is 9.37 Å². The minimum atomic E-state index is -0.438. The van der Waals surface area contributed by atoms with Crippen LogP contribution in [0, 0.1) is 5.82 Å². The van der Waals surface area contributed by atoms with Crippen LogP contribution in [-0.4, -0.2) is 52.2 Å². The number of pyridine rings is 3. The average molecular weight is 446 g/mol. The molecule has 1 aliphatic heterocycles. The Labute approximate surface area is 184 Å². The monoisotopic (exact) mass is 445 g/mol. The number of likely N-dealkylation sites (tertiary alicyclic amines) is 1. The summed E-state index contributed by atoms with van der Waals surface area (Å²) in [5.74, 6) is -0.00497. The van der Waals surface area contributed by atoms with Crippen molar-refractivity contribution in [3.8, 4) is 5.88 Å². The molecule has 1 saturated heterocycles. The fraction of sp³-hybridized carbons (Fsp3) is 0.409. The van der Waals surface area contributed by atoms with Gasteiger partial charge in [-0.2, -0.15) is 0 Å². The smallest absolute Gasteiger partial charge is 0.251 e. The van der Waals surface area contributed by atoms with Crippen molar-refractivity contribution >= 4 is 22.6 Å². The van der Waals surface area contributed by atoms with Crippen LogP contribution in [0.5, 0.6) is 5.88 Å². The molecule has 0 atom stereocenters. The Hall–Kier alpha value is -2.55. The molecule has 1 fully saturated rings. The molecule has 1 N–H and O–H groups in total. The number of aromatic nitrogens is 3. The highest BCUT2D eigenvalue weighted by atomic mass is 35.5. The molecular weight excluding hydrogens is 421 g/mol. The summed E-state index contributed by atoms with van der Waals surface area (Å²) < 4.78 is 20.3. The zero-order valence-electron chi connectivity index (χ0n) is 17.4. The molecule has 9 heteroatoms. The summed E-state index contributed by atoms with van der Waals surface area (Å²) in [6, 6.07) is 6.78. The molecule has 0 spiro atoms.